The van der Waals surface area contributed by atoms with E-state index in [1.807, 2.05) is 57.2 Å². The number of aryl methyl sites for hydroxylation is 1. The van der Waals surface area contributed by atoms with Crippen LogP contribution in [0.15, 0.2) is 54.7 Å². The fourth-order valence-electron chi connectivity index (χ4n) is 3.78. The van der Waals surface area contributed by atoms with Crippen molar-refractivity contribution in [3.8, 4) is 5.75 Å². The zero-order valence-corrected chi connectivity index (χ0v) is 21.0. The molecule has 1 aromatic carbocycles. The highest BCUT2D eigenvalue weighted by Gasteiger charge is 2.41. The second kappa shape index (κ2) is 9.11. The Morgan fingerprint density at radius 1 is 1.21 bits per heavy atom. The van der Waals surface area contributed by atoms with Crippen LogP contribution in [0.25, 0.3) is 0 Å². The van der Waals surface area contributed by atoms with E-state index < -0.39 is 5.41 Å². The fourth-order valence-corrected chi connectivity index (χ4v) is 5.13. The van der Waals surface area contributed by atoms with Crippen molar-refractivity contribution in [2.45, 2.75) is 39.8 Å². The minimum absolute atomic E-state index is 0.0641. The van der Waals surface area contributed by atoms with Gasteiger partial charge < -0.3 is 20.3 Å². The molecule has 1 fully saturated rings. The molecule has 1 saturated heterocycles. The first-order valence-corrected chi connectivity index (χ1v) is 12.0. The van der Waals surface area contributed by atoms with E-state index in [1.165, 1.54) is 9.75 Å². The molecule has 1 aliphatic rings. The van der Waals surface area contributed by atoms with Crippen LogP contribution >= 0.6 is 23.6 Å². The molecule has 6 nitrogen and oxygen atoms in total. The van der Waals surface area contributed by atoms with E-state index in [9.17, 15) is 4.79 Å². The molecule has 2 atom stereocenters. The number of hydrogen-bond donors (Lipinski definition) is 2. The number of thiocarbonyl (C=S) groups is 1. The summed E-state index contributed by atoms with van der Waals surface area (Å²) in [5, 5.41) is 7.06. The van der Waals surface area contributed by atoms with Crippen molar-refractivity contribution in [3.05, 3.63) is 70.2 Å². The summed E-state index contributed by atoms with van der Waals surface area (Å²) in [6.07, 6.45) is 1.80. The van der Waals surface area contributed by atoms with Crippen LogP contribution in [0.2, 0.25) is 0 Å². The number of benzene rings is 1. The molecule has 4 rings (SSSR count). The average molecular weight is 481 g/mol. The number of ether oxygens (including phenoxy) is 1. The topological polar surface area (TPSA) is 66.5 Å². The monoisotopic (exact) mass is 480 g/mol. The van der Waals surface area contributed by atoms with E-state index in [0.29, 0.717) is 16.5 Å². The average Bonchev–Trinajstić information content (AvgIpc) is 3.36. The van der Waals surface area contributed by atoms with Crippen molar-refractivity contribution in [1.29, 1.82) is 0 Å². The van der Waals surface area contributed by atoms with E-state index in [-0.39, 0.29) is 18.0 Å². The first kappa shape index (κ1) is 23.2. The number of methoxy groups -OCH3 is 1. The van der Waals surface area contributed by atoms with E-state index in [0.717, 1.165) is 11.4 Å². The number of rotatable bonds is 5. The Morgan fingerprint density at radius 3 is 2.61 bits per heavy atom. The smallest absolute Gasteiger partial charge is 0.229 e. The Balaban J connectivity index is 1.74. The van der Waals surface area contributed by atoms with Crippen LogP contribution in [0.5, 0.6) is 5.75 Å². The molecule has 3 aromatic rings. The first-order chi connectivity index (χ1) is 15.7. The van der Waals surface area contributed by atoms with Crippen LogP contribution in [0.4, 0.5) is 11.4 Å². The third-order valence-corrected chi connectivity index (χ3v) is 6.93. The predicted octanol–water partition coefficient (Wildman–Crippen LogP) is 5.62. The van der Waals surface area contributed by atoms with Crippen LogP contribution < -0.4 is 20.3 Å². The SMILES string of the molecule is COc1cc(N2C(=S)NC(c3ccccn3)C2c2ccc(C)s2)ccc1NC(=O)C(C)(C)C. The zero-order chi connectivity index (χ0) is 23.8. The number of carbonyl (C=O) groups excluding carboxylic acids is 1. The molecule has 0 bridgehead atoms. The summed E-state index contributed by atoms with van der Waals surface area (Å²) in [4.78, 5) is 21.7. The fraction of sp³-hybridized carbons (Fsp3) is 0.320. The molecule has 0 saturated carbocycles. The van der Waals surface area contributed by atoms with E-state index in [4.69, 9.17) is 17.0 Å². The van der Waals surface area contributed by atoms with Gasteiger partial charge in [0.2, 0.25) is 5.91 Å². The minimum Gasteiger partial charge on any atom is -0.494 e. The van der Waals surface area contributed by atoms with Gasteiger partial charge in [0.05, 0.1) is 30.6 Å². The largest absolute Gasteiger partial charge is 0.494 e. The van der Waals surface area contributed by atoms with Crippen molar-refractivity contribution in [3.63, 3.8) is 0 Å². The van der Waals surface area contributed by atoms with Gasteiger partial charge in [0.1, 0.15) is 5.75 Å². The van der Waals surface area contributed by atoms with Crippen molar-refractivity contribution in [1.82, 2.24) is 10.3 Å². The molecule has 8 heteroatoms. The number of carbonyl (C=O) groups is 1. The number of hydrogen-bond acceptors (Lipinski definition) is 5. The maximum absolute atomic E-state index is 12.5. The summed E-state index contributed by atoms with van der Waals surface area (Å²) in [6, 6.07) is 15.8. The normalized spacial score (nSPS) is 18.2. The minimum atomic E-state index is -0.512. The Morgan fingerprint density at radius 2 is 2.00 bits per heavy atom. The van der Waals surface area contributed by atoms with Gasteiger partial charge >= 0.3 is 0 Å². The Bertz CT molecular complexity index is 1170. The van der Waals surface area contributed by atoms with Gasteiger partial charge in [0, 0.05) is 33.1 Å². The number of aromatic nitrogens is 1. The predicted molar refractivity (Wildman–Crippen MR) is 138 cm³/mol. The molecule has 172 valence electrons. The summed E-state index contributed by atoms with van der Waals surface area (Å²) < 4.78 is 5.64. The van der Waals surface area contributed by atoms with Crippen LogP contribution in [-0.4, -0.2) is 23.1 Å². The molecule has 1 amide bonds. The van der Waals surface area contributed by atoms with Crippen LogP contribution in [-0.2, 0) is 4.79 Å². The summed E-state index contributed by atoms with van der Waals surface area (Å²) in [5.74, 6) is 0.504. The Hall–Kier alpha value is -2.97. The lowest BCUT2D eigenvalue weighted by molar-refractivity contribution is -0.123. The third-order valence-electron chi connectivity index (χ3n) is 5.54. The van der Waals surface area contributed by atoms with E-state index >= 15 is 0 Å². The van der Waals surface area contributed by atoms with Gasteiger partial charge in [0.15, 0.2) is 5.11 Å². The maximum Gasteiger partial charge on any atom is 0.229 e. The number of nitrogens with one attached hydrogen (secondary N) is 2. The lowest BCUT2D eigenvalue weighted by Gasteiger charge is -2.28. The summed E-state index contributed by atoms with van der Waals surface area (Å²) >= 11 is 7.55. The van der Waals surface area contributed by atoms with Gasteiger partial charge in [-0.25, -0.2) is 0 Å². The second-order valence-electron chi connectivity index (χ2n) is 9.03. The number of thiophene rings is 1. The van der Waals surface area contributed by atoms with Gasteiger partial charge in [-0.1, -0.05) is 26.8 Å². The van der Waals surface area contributed by atoms with E-state index in [2.05, 4.69) is 39.6 Å². The summed E-state index contributed by atoms with van der Waals surface area (Å²) in [5.41, 5.74) is 1.93. The maximum atomic E-state index is 12.5. The Kier molecular flexibility index (Phi) is 6.41. The first-order valence-electron chi connectivity index (χ1n) is 10.8. The lowest BCUT2D eigenvalue weighted by Crippen LogP contribution is -2.29. The summed E-state index contributed by atoms with van der Waals surface area (Å²) in [7, 11) is 1.60. The molecular weight excluding hydrogens is 452 g/mol. The third kappa shape index (κ3) is 4.72. The highest BCUT2D eigenvalue weighted by atomic mass is 32.1. The number of pyridine rings is 1. The van der Waals surface area contributed by atoms with Crippen molar-refractivity contribution in [2.75, 3.05) is 17.3 Å². The van der Waals surface area contributed by atoms with Crippen molar-refractivity contribution >= 4 is 45.9 Å². The van der Waals surface area contributed by atoms with Gasteiger partial charge in [-0.2, -0.15) is 0 Å². The zero-order valence-electron chi connectivity index (χ0n) is 19.4. The summed E-state index contributed by atoms with van der Waals surface area (Å²) in [6.45, 7) is 7.74. The lowest BCUT2D eigenvalue weighted by atomic mass is 9.95. The molecule has 33 heavy (non-hydrogen) atoms. The van der Waals surface area contributed by atoms with Crippen molar-refractivity contribution in [2.24, 2.45) is 5.41 Å². The van der Waals surface area contributed by atoms with Gasteiger partial charge in [-0.05, 0) is 55.5 Å². The van der Waals surface area contributed by atoms with Gasteiger partial charge in [-0.3, -0.25) is 9.78 Å². The second-order valence-corrected chi connectivity index (χ2v) is 10.7. The standard InChI is InChI=1S/C25H28N4O2S2/c1-15-9-12-20(33-15)22-21(18-8-6-7-13-26-18)28-24(32)29(22)16-10-11-17(19(14-16)31-5)27-23(30)25(2,3)4/h6-14,21-22H,1-5H3,(H,27,30)(H,28,32). The number of anilines is 2. The molecule has 3 heterocycles. The van der Waals surface area contributed by atoms with Crippen LogP contribution in [0.1, 0.15) is 48.3 Å². The van der Waals surface area contributed by atoms with Gasteiger partial charge in [-0.15, -0.1) is 11.3 Å². The van der Waals surface area contributed by atoms with Crippen LogP contribution in [0.3, 0.4) is 0 Å². The Labute approximate surface area is 204 Å². The molecule has 0 aliphatic carbocycles. The molecular formula is C25H28N4O2S2. The van der Waals surface area contributed by atoms with E-state index in [1.54, 1.807) is 24.6 Å². The molecule has 0 spiro atoms. The highest BCUT2D eigenvalue weighted by Crippen LogP contribution is 2.45. The van der Waals surface area contributed by atoms with Gasteiger partial charge in [0.25, 0.3) is 0 Å². The number of amides is 1. The van der Waals surface area contributed by atoms with Crippen molar-refractivity contribution < 1.29 is 9.53 Å². The van der Waals surface area contributed by atoms with Crippen LogP contribution in [0, 0.1) is 12.3 Å². The quantitative estimate of drug-likeness (QED) is 0.462. The molecule has 1 aliphatic heterocycles. The molecule has 2 unspecified atom stereocenters. The molecule has 2 N–H and O–H groups in total. The number of nitrogens with zero attached hydrogens (tertiary/aromatic N) is 2. The molecule has 0 radical (unpaired) electrons. The molecule has 2 aromatic heterocycles. The highest BCUT2D eigenvalue weighted by molar-refractivity contribution is 7.80.